The minimum atomic E-state index is 0.259. The molecule has 0 radical (unpaired) electrons. The molecule has 2 saturated carbocycles. The molecular formula is C15H23N3O. The molecule has 1 N–H and O–H groups in total. The Morgan fingerprint density at radius 2 is 2.11 bits per heavy atom. The Morgan fingerprint density at radius 3 is 2.68 bits per heavy atom. The number of nitrogens with one attached hydrogen (secondary N) is 1. The first-order valence-electron chi connectivity index (χ1n) is 7.14. The maximum absolute atomic E-state index is 6.18. The molecule has 1 aromatic heterocycles. The first-order chi connectivity index (χ1) is 8.97. The molecule has 2 aliphatic rings. The average Bonchev–Trinajstić information content (AvgIpc) is 2.72. The van der Waals surface area contributed by atoms with Crippen LogP contribution in [-0.2, 0) is 0 Å². The molecule has 2 aliphatic carbocycles. The second kappa shape index (κ2) is 4.09. The van der Waals surface area contributed by atoms with Crippen molar-refractivity contribution in [3.63, 3.8) is 0 Å². The summed E-state index contributed by atoms with van der Waals surface area (Å²) in [5, 5.41) is 3.00. The van der Waals surface area contributed by atoms with Crippen molar-refractivity contribution < 1.29 is 4.74 Å². The fraction of sp³-hybridized carbons (Fsp3) is 0.733. The van der Waals surface area contributed by atoms with E-state index in [2.05, 4.69) is 36.1 Å². The largest absolute Gasteiger partial charge is 0.473 e. The maximum Gasteiger partial charge on any atom is 0.234 e. The van der Waals surface area contributed by atoms with Crippen molar-refractivity contribution in [1.29, 1.82) is 0 Å². The third-order valence-electron chi connectivity index (χ3n) is 5.85. The molecule has 0 amide bonds. The molecule has 4 nitrogen and oxygen atoms in total. The molecule has 0 spiro atoms. The van der Waals surface area contributed by atoms with Gasteiger partial charge in [-0.1, -0.05) is 20.8 Å². The molecule has 4 heteroatoms. The smallest absolute Gasteiger partial charge is 0.234 e. The van der Waals surface area contributed by atoms with Crippen molar-refractivity contribution in [3.05, 3.63) is 12.4 Å². The maximum atomic E-state index is 6.18. The van der Waals surface area contributed by atoms with Crippen LogP contribution >= 0.6 is 0 Å². The average molecular weight is 261 g/mol. The van der Waals surface area contributed by atoms with Gasteiger partial charge in [-0.2, -0.15) is 4.98 Å². The molecule has 2 fully saturated rings. The summed E-state index contributed by atoms with van der Waals surface area (Å²) in [5.41, 5.74) is 0.626. The Morgan fingerprint density at radius 1 is 1.32 bits per heavy atom. The zero-order valence-corrected chi connectivity index (χ0v) is 12.2. The molecule has 1 aromatic rings. The van der Waals surface area contributed by atoms with Gasteiger partial charge in [0.25, 0.3) is 0 Å². The SMILES string of the molecule is CNc1cncc(OC2CC3CCC2(C)C3(C)C)n1. The monoisotopic (exact) mass is 261 g/mol. The highest BCUT2D eigenvalue weighted by atomic mass is 16.5. The lowest BCUT2D eigenvalue weighted by Gasteiger charge is -2.38. The number of nitrogens with zero attached hydrogens (tertiary/aromatic N) is 2. The summed E-state index contributed by atoms with van der Waals surface area (Å²) in [4.78, 5) is 8.59. The Balaban J connectivity index is 1.82. The first kappa shape index (κ1) is 12.7. The number of rotatable bonds is 3. The second-order valence-electron chi connectivity index (χ2n) is 6.71. The first-order valence-corrected chi connectivity index (χ1v) is 7.14. The van der Waals surface area contributed by atoms with E-state index in [0.29, 0.717) is 11.3 Å². The van der Waals surface area contributed by atoms with E-state index in [1.165, 1.54) is 12.8 Å². The van der Waals surface area contributed by atoms with Crippen LogP contribution in [-0.4, -0.2) is 23.1 Å². The summed E-state index contributed by atoms with van der Waals surface area (Å²) in [5.74, 6) is 2.18. The molecule has 3 rings (SSSR count). The molecule has 3 unspecified atom stereocenters. The van der Waals surface area contributed by atoms with Crippen LogP contribution in [0.25, 0.3) is 0 Å². The van der Waals surface area contributed by atoms with Crippen LogP contribution in [0.5, 0.6) is 5.88 Å². The number of ether oxygens (including phenoxy) is 1. The summed E-state index contributed by atoms with van der Waals surface area (Å²) in [7, 11) is 1.84. The van der Waals surface area contributed by atoms with Crippen molar-refractivity contribution in [2.45, 2.75) is 46.1 Å². The quantitative estimate of drug-likeness (QED) is 0.908. The van der Waals surface area contributed by atoms with E-state index in [1.807, 2.05) is 7.05 Å². The van der Waals surface area contributed by atoms with Crippen LogP contribution in [0, 0.1) is 16.7 Å². The summed E-state index contributed by atoms with van der Waals surface area (Å²) in [6, 6.07) is 0. The summed E-state index contributed by atoms with van der Waals surface area (Å²) in [6.45, 7) is 7.16. The van der Waals surface area contributed by atoms with Gasteiger partial charge >= 0.3 is 0 Å². The number of hydrogen-bond donors (Lipinski definition) is 1. The molecule has 2 bridgehead atoms. The van der Waals surface area contributed by atoms with Gasteiger partial charge in [0.2, 0.25) is 5.88 Å². The summed E-state index contributed by atoms with van der Waals surface area (Å²) >= 11 is 0. The fourth-order valence-corrected chi connectivity index (χ4v) is 3.98. The van der Waals surface area contributed by atoms with Crippen molar-refractivity contribution in [3.8, 4) is 5.88 Å². The van der Waals surface area contributed by atoms with Crippen molar-refractivity contribution in [2.75, 3.05) is 12.4 Å². The standard InChI is InChI=1S/C15H23N3O/c1-14(2)10-5-6-15(14,3)11(7-10)19-13-9-17-8-12(16-4)18-13/h8-11H,5-7H2,1-4H3,(H,16,18). The van der Waals surface area contributed by atoms with Gasteiger partial charge in [-0.3, -0.25) is 4.98 Å². The Bertz CT molecular complexity index is 488. The van der Waals surface area contributed by atoms with Gasteiger partial charge in [-0.15, -0.1) is 0 Å². The van der Waals surface area contributed by atoms with E-state index >= 15 is 0 Å². The van der Waals surface area contributed by atoms with E-state index in [9.17, 15) is 0 Å². The van der Waals surface area contributed by atoms with Gasteiger partial charge in [0.1, 0.15) is 11.9 Å². The summed E-state index contributed by atoms with van der Waals surface area (Å²) < 4.78 is 6.18. The molecule has 3 atom stereocenters. The third kappa shape index (κ3) is 1.72. The fourth-order valence-electron chi connectivity index (χ4n) is 3.98. The van der Waals surface area contributed by atoms with Crippen molar-refractivity contribution >= 4 is 5.82 Å². The Hall–Kier alpha value is -1.32. The predicted octanol–water partition coefficient (Wildman–Crippen LogP) is 3.11. The van der Waals surface area contributed by atoms with E-state index in [-0.39, 0.29) is 11.5 Å². The van der Waals surface area contributed by atoms with Gasteiger partial charge in [-0.25, -0.2) is 0 Å². The zero-order chi connectivity index (χ0) is 13.7. The topological polar surface area (TPSA) is 47.0 Å². The van der Waals surface area contributed by atoms with Gasteiger partial charge in [0, 0.05) is 12.5 Å². The van der Waals surface area contributed by atoms with Gasteiger partial charge in [0.15, 0.2) is 0 Å². The van der Waals surface area contributed by atoms with Gasteiger partial charge in [0.05, 0.1) is 12.4 Å². The number of anilines is 1. The lowest BCUT2D eigenvalue weighted by Crippen LogP contribution is -2.39. The van der Waals surface area contributed by atoms with Crippen LogP contribution in [0.15, 0.2) is 12.4 Å². The lowest BCUT2D eigenvalue weighted by molar-refractivity contribution is 0.0271. The predicted molar refractivity (Wildman–Crippen MR) is 75.2 cm³/mol. The van der Waals surface area contributed by atoms with E-state index in [0.717, 1.165) is 18.2 Å². The van der Waals surface area contributed by atoms with Gasteiger partial charge < -0.3 is 10.1 Å². The van der Waals surface area contributed by atoms with Crippen LogP contribution in [0.4, 0.5) is 5.82 Å². The molecular weight excluding hydrogens is 238 g/mol. The highest BCUT2D eigenvalue weighted by Crippen LogP contribution is 2.66. The number of fused-ring (bicyclic) bond motifs is 2. The van der Waals surface area contributed by atoms with E-state index < -0.39 is 0 Å². The Kier molecular flexibility index (Phi) is 2.73. The highest BCUT2D eigenvalue weighted by molar-refractivity contribution is 5.32. The molecule has 0 aromatic carbocycles. The van der Waals surface area contributed by atoms with E-state index in [1.54, 1.807) is 12.4 Å². The van der Waals surface area contributed by atoms with Crippen molar-refractivity contribution in [2.24, 2.45) is 16.7 Å². The number of hydrogen-bond acceptors (Lipinski definition) is 4. The molecule has 0 saturated heterocycles. The minimum Gasteiger partial charge on any atom is -0.473 e. The van der Waals surface area contributed by atoms with E-state index in [4.69, 9.17) is 4.74 Å². The minimum absolute atomic E-state index is 0.259. The van der Waals surface area contributed by atoms with Gasteiger partial charge in [-0.05, 0) is 30.6 Å². The normalized spacial score (nSPS) is 35.4. The molecule has 1 heterocycles. The molecule has 0 aliphatic heterocycles. The number of aromatic nitrogens is 2. The van der Waals surface area contributed by atoms with Crippen LogP contribution in [0.1, 0.15) is 40.0 Å². The zero-order valence-electron chi connectivity index (χ0n) is 12.2. The van der Waals surface area contributed by atoms with Crippen LogP contribution in [0.3, 0.4) is 0 Å². The third-order valence-corrected chi connectivity index (χ3v) is 5.85. The Labute approximate surface area is 115 Å². The lowest BCUT2D eigenvalue weighted by atomic mass is 9.70. The molecule has 19 heavy (non-hydrogen) atoms. The summed E-state index contributed by atoms with van der Waals surface area (Å²) in [6.07, 6.45) is 7.43. The molecule has 104 valence electrons. The van der Waals surface area contributed by atoms with Crippen molar-refractivity contribution in [1.82, 2.24) is 9.97 Å². The van der Waals surface area contributed by atoms with Crippen LogP contribution < -0.4 is 10.1 Å². The second-order valence-corrected chi connectivity index (χ2v) is 6.71. The highest BCUT2D eigenvalue weighted by Gasteiger charge is 2.62. The van der Waals surface area contributed by atoms with Crippen LogP contribution in [0.2, 0.25) is 0 Å².